The summed E-state index contributed by atoms with van der Waals surface area (Å²) in [6.45, 7) is 0.314. The van der Waals surface area contributed by atoms with E-state index in [1.54, 1.807) is 30.3 Å². The number of carbonyl (C=O) groups excluding carboxylic acids is 2. The molecular weight excluding hydrogens is 323 g/mol. The molecule has 0 radical (unpaired) electrons. The van der Waals surface area contributed by atoms with Crippen LogP contribution in [0, 0.1) is 5.82 Å². The Morgan fingerprint density at radius 1 is 1.08 bits per heavy atom. The minimum absolute atomic E-state index is 0.0174. The molecule has 1 aliphatic rings. The number of ketones is 1. The number of Topliss-reactive ketones (excluding diaryl/α,β-unsaturated/α-hetero) is 1. The monoisotopic (exact) mass is 340 g/mol. The van der Waals surface area contributed by atoms with Crippen LogP contribution in [0.15, 0.2) is 60.2 Å². The molecule has 0 saturated carbocycles. The first kappa shape index (κ1) is 16.9. The van der Waals surface area contributed by atoms with Crippen molar-refractivity contribution < 1.29 is 19.1 Å². The Hall–Kier alpha value is -2.99. The quantitative estimate of drug-likeness (QED) is 0.508. The summed E-state index contributed by atoms with van der Waals surface area (Å²) >= 11 is 0. The van der Waals surface area contributed by atoms with Gasteiger partial charge in [-0.2, -0.15) is 0 Å². The van der Waals surface area contributed by atoms with E-state index in [0.29, 0.717) is 11.1 Å². The fourth-order valence-electron chi connectivity index (χ4n) is 2.99. The largest absolute Gasteiger partial charge is 0.507 e. The second kappa shape index (κ2) is 6.86. The SMILES string of the molecule is NCCN1C(=O)C(=O)/C(=C(/O)c2ccccc2)C1c1ccc(F)cc1. The lowest BCUT2D eigenvalue weighted by Crippen LogP contribution is -2.34. The van der Waals surface area contributed by atoms with Crippen LogP contribution in [0.25, 0.3) is 5.76 Å². The maximum Gasteiger partial charge on any atom is 0.295 e. The zero-order valence-corrected chi connectivity index (χ0v) is 13.4. The van der Waals surface area contributed by atoms with E-state index in [-0.39, 0.29) is 24.4 Å². The lowest BCUT2D eigenvalue weighted by Gasteiger charge is -2.24. The Morgan fingerprint density at radius 3 is 2.32 bits per heavy atom. The minimum atomic E-state index is -0.802. The summed E-state index contributed by atoms with van der Waals surface area (Å²) in [5, 5.41) is 10.7. The molecule has 0 bridgehead atoms. The number of aliphatic hydroxyl groups excluding tert-OH is 1. The molecule has 0 aliphatic carbocycles. The summed E-state index contributed by atoms with van der Waals surface area (Å²) < 4.78 is 13.3. The average molecular weight is 340 g/mol. The number of amides is 1. The molecule has 2 aromatic carbocycles. The van der Waals surface area contributed by atoms with Crippen LogP contribution in [0.2, 0.25) is 0 Å². The molecule has 0 spiro atoms. The van der Waals surface area contributed by atoms with E-state index in [2.05, 4.69) is 0 Å². The Bertz CT molecular complexity index is 832. The van der Waals surface area contributed by atoms with Gasteiger partial charge in [-0.25, -0.2) is 4.39 Å². The summed E-state index contributed by atoms with van der Waals surface area (Å²) in [6.07, 6.45) is 0. The first-order valence-electron chi connectivity index (χ1n) is 7.84. The van der Waals surface area contributed by atoms with Crippen molar-refractivity contribution in [1.29, 1.82) is 0 Å². The fraction of sp³-hybridized carbons (Fsp3) is 0.158. The van der Waals surface area contributed by atoms with Gasteiger partial charge in [-0.15, -0.1) is 0 Å². The third kappa shape index (κ3) is 3.04. The van der Waals surface area contributed by atoms with Gasteiger partial charge in [0.15, 0.2) is 0 Å². The molecule has 1 amide bonds. The maximum atomic E-state index is 13.3. The topological polar surface area (TPSA) is 83.6 Å². The number of carbonyl (C=O) groups is 2. The average Bonchev–Trinajstić information content (AvgIpc) is 2.88. The summed E-state index contributed by atoms with van der Waals surface area (Å²) in [6, 6.07) is 13.2. The smallest absolute Gasteiger partial charge is 0.295 e. The number of hydrogen-bond donors (Lipinski definition) is 2. The lowest BCUT2D eigenvalue weighted by atomic mass is 9.95. The molecule has 5 nitrogen and oxygen atoms in total. The molecule has 25 heavy (non-hydrogen) atoms. The second-order valence-corrected chi connectivity index (χ2v) is 5.70. The zero-order valence-electron chi connectivity index (χ0n) is 13.4. The van der Waals surface area contributed by atoms with Crippen molar-refractivity contribution in [2.45, 2.75) is 6.04 Å². The van der Waals surface area contributed by atoms with Crippen molar-refractivity contribution in [1.82, 2.24) is 4.90 Å². The van der Waals surface area contributed by atoms with Crippen molar-refractivity contribution in [2.75, 3.05) is 13.1 Å². The van der Waals surface area contributed by atoms with Crippen molar-refractivity contribution in [3.8, 4) is 0 Å². The highest BCUT2D eigenvalue weighted by atomic mass is 19.1. The van der Waals surface area contributed by atoms with Gasteiger partial charge >= 0.3 is 0 Å². The number of halogens is 1. The van der Waals surface area contributed by atoms with Gasteiger partial charge in [-0.3, -0.25) is 9.59 Å². The Kier molecular flexibility index (Phi) is 4.63. The van der Waals surface area contributed by atoms with Gasteiger partial charge in [0.2, 0.25) is 0 Å². The minimum Gasteiger partial charge on any atom is -0.507 e. The Balaban J connectivity index is 2.18. The zero-order chi connectivity index (χ0) is 18.0. The third-order valence-corrected chi connectivity index (χ3v) is 4.14. The molecule has 1 unspecified atom stereocenters. The second-order valence-electron chi connectivity index (χ2n) is 5.70. The van der Waals surface area contributed by atoms with Crippen LogP contribution in [0.4, 0.5) is 4.39 Å². The van der Waals surface area contributed by atoms with Gasteiger partial charge < -0.3 is 15.7 Å². The van der Waals surface area contributed by atoms with Crippen molar-refractivity contribution >= 4 is 17.4 Å². The molecule has 128 valence electrons. The number of likely N-dealkylation sites (tertiary alicyclic amines) is 1. The first-order chi connectivity index (χ1) is 12.0. The lowest BCUT2D eigenvalue weighted by molar-refractivity contribution is -0.139. The molecular formula is C19H17FN2O3. The summed E-state index contributed by atoms with van der Waals surface area (Å²) in [7, 11) is 0. The molecule has 3 rings (SSSR count). The maximum absolute atomic E-state index is 13.3. The summed E-state index contributed by atoms with van der Waals surface area (Å²) in [4.78, 5) is 26.2. The number of nitrogens with zero attached hydrogens (tertiary/aromatic N) is 1. The van der Waals surface area contributed by atoms with Gasteiger partial charge in [0.1, 0.15) is 11.6 Å². The molecule has 3 N–H and O–H groups in total. The van der Waals surface area contributed by atoms with Gasteiger partial charge in [-0.1, -0.05) is 42.5 Å². The van der Waals surface area contributed by atoms with Gasteiger partial charge in [-0.05, 0) is 17.7 Å². The van der Waals surface area contributed by atoms with Crippen molar-refractivity contribution in [2.24, 2.45) is 5.73 Å². The van der Waals surface area contributed by atoms with E-state index in [4.69, 9.17) is 5.73 Å². The first-order valence-corrected chi connectivity index (χ1v) is 7.84. The van der Waals surface area contributed by atoms with Crippen molar-refractivity contribution in [3.63, 3.8) is 0 Å². The van der Waals surface area contributed by atoms with Crippen LogP contribution in [0.5, 0.6) is 0 Å². The number of nitrogens with two attached hydrogens (primary N) is 1. The highest BCUT2D eigenvalue weighted by Crippen LogP contribution is 2.39. The van der Waals surface area contributed by atoms with Crippen LogP contribution >= 0.6 is 0 Å². The highest BCUT2D eigenvalue weighted by molar-refractivity contribution is 6.46. The van der Waals surface area contributed by atoms with E-state index >= 15 is 0 Å². The fourth-order valence-corrected chi connectivity index (χ4v) is 2.99. The van der Waals surface area contributed by atoms with E-state index in [1.807, 2.05) is 0 Å². The summed E-state index contributed by atoms with van der Waals surface area (Å²) in [5.41, 5.74) is 6.52. The number of rotatable bonds is 4. The van der Waals surface area contributed by atoms with E-state index < -0.39 is 23.5 Å². The molecule has 1 heterocycles. The number of benzene rings is 2. The Labute approximate surface area is 144 Å². The molecule has 1 fully saturated rings. The molecule has 1 saturated heterocycles. The summed E-state index contributed by atoms with van der Waals surface area (Å²) in [5.74, 6) is -2.18. The standard InChI is InChI=1S/C19H17FN2O3/c20-14-8-6-12(7-9-14)16-15(17(23)13-4-2-1-3-5-13)18(24)19(25)22(16)11-10-21/h1-9,16,23H,10-11,21H2/b17-15+. The van der Waals surface area contributed by atoms with E-state index in [1.165, 1.54) is 29.2 Å². The third-order valence-electron chi connectivity index (χ3n) is 4.14. The van der Waals surface area contributed by atoms with Gasteiger partial charge in [0.05, 0.1) is 11.6 Å². The molecule has 6 heteroatoms. The number of hydrogen-bond acceptors (Lipinski definition) is 4. The van der Waals surface area contributed by atoms with Crippen LogP contribution < -0.4 is 5.73 Å². The molecule has 1 atom stereocenters. The number of aliphatic hydroxyl groups is 1. The highest BCUT2D eigenvalue weighted by Gasteiger charge is 2.45. The van der Waals surface area contributed by atoms with Gasteiger partial charge in [0.25, 0.3) is 11.7 Å². The normalized spacial score (nSPS) is 19.4. The van der Waals surface area contributed by atoms with E-state index in [9.17, 15) is 19.1 Å². The predicted octanol–water partition coefficient (Wildman–Crippen LogP) is 2.21. The molecule has 1 aliphatic heterocycles. The Morgan fingerprint density at radius 2 is 1.72 bits per heavy atom. The van der Waals surface area contributed by atoms with Crippen molar-refractivity contribution in [3.05, 3.63) is 77.1 Å². The van der Waals surface area contributed by atoms with Crippen LogP contribution in [-0.4, -0.2) is 34.8 Å². The van der Waals surface area contributed by atoms with Crippen LogP contribution in [0.3, 0.4) is 0 Å². The van der Waals surface area contributed by atoms with Crippen LogP contribution in [0.1, 0.15) is 17.2 Å². The molecule has 0 aromatic heterocycles. The molecule has 2 aromatic rings. The van der Waals surface area contributed by atoms with E-state index in [0.717, 1.165) is 0 Å². The predicted molar refractivity (Wildman–Crippen MR) is 90.9 cm³/mol. The van der Waals surface area contributed by atoms with Gasteiger partial charge in [0, 0.05) is 18.7 Å². The van der Waals surface area contributed by atoms with Crippen LogP contribution in [-0.2, 0) is 9.59 Å².